The highest BCUT2D eigenvalue weighted by molar-refractivity contribution is 6.09. The number of benzene rings is 3. The number of para-hydroxylation sites is 1. The second kappa shape index (κ2) is 5.62. The second-order valence-corrected chi connectivity index (χ2v) is 8.31. The van der Waals surface area contributed by atoms with E-state index >= 15 is 0 Å². The predicted octanol–water partition coefficient (Wildman–Crippen LogP) is 6.18. The molecular weight excluding hydrogens is 344 g/mol. The lowest BCUT2D eigenvalue weighted by molar-refractivity contribution is 0.131. The summed E-state index contributed by atoms with van der Waals surface area (Å²) < 4.78 is 6.44. The van der Waals surface area contributed by atoms with Gasteiger partial charge < -0.3 is 9.32 Å². The van der Waals surface area contributed by atoms with E-state index in [2.05, 4.69) is 85.3 Å². The molecule has 2 aliphatic rings. The number of furan rings is 1. The molecule has 1 fully saturated rings. The van der Waals surface area contributed by atoms with Gasteiger partial charge in [0.05, 0.1) is 17.9 Å². The SMILES string of the molecule is Cc1ccc2c(oc3ccccc32)c1N1C2CC(c3ccccc32)N(C)[C@@H]1C. The molecule has 0 saturated carbocycles. The first-order valence-corrected chi connectivity index (χ1v) is 10.1. The largest absolute Gasteiger partial charge is 0.454 e. The summed E-state index contributed by atoms with van der Waals surface area (Å²) in [6.07, 6.45) is 1.43. The number of anilines is 1. The highest BCUT2D eigenvalue weighted by Crippen LogP contribution is 2.53. The zero-order valence-electron chi connectivity index (χ0n) is 16.5. The molecule has 6 rings (SSSR count). The molecule has 0 spiro atoms. The van der Waals surface area contributed by atoms with E-state index in [4.69, 9.17) is 4.42 Å². The molecule has 0 amide bonds. The smallest absolute Gasteiger partial charge is 0.159 e. The van der Waals surface area contributed by atoms with Gasteiger partial charge in [-0.05, 0) is 50.1 Å². The monoisotopic (exact) mass is 368 g/mol. The zero-order chi connectivity index (χ0) is 19.0. The van der Waals surface area contributed by atoms with Crippen LogP contribution >= 0.6 is 0 Å². The van der Waals surface area contributed by atoms with Gasteiger partial charge in [0.15, 0.2) is 5.58 Å². The molecule has 0 N–H and O–H groups in total. The van der Waals surface area contributed by atoms with Crippen LogP contribution in [0.2, 0.25) is 0 Å². The van der Waals surface area contributed by atoms with E-state index in [1.807, 2.05) is 6.07 Å². The van der Waals surface area contributed by atoms with Crippen LogP contribution in [-0.4, -0.2) is 18.1 Å². The summed E-state index contributed by atoms with van der Waals surface area (Å²) in [6, 6.07) is 22.7. The number of rotatable bonds is 1. The van der Waals surface area contributed by atoms with E-state index in [9.17, 15) is 0 Å². The second-order valence-electron chi connectivity index (χ2n) is 8.31. The minimum Gasteiger partial charge on any atom is -0.454 e. The van der Waals surface area contributed by atoms with E-state index in [-0.39, 0.29) is 0 Å². The Kier molecular flexibility index (Phi) is 3.25. The van der Waals surface area contributed by atoms with Gasteiger partial charge in [0, 0.05) is 16.8 Å². The number of hydrogen-bond acceptors (Lipinski definition) is 3. The van der Waals surface area contributed by atoms with Gasteiger partial charge in [0.2, 0.25) is 0 Å². The van der Waals surface area contributed by atoms with Gasteiger partial charge in [0.25, 0.3) is 0 Å². The predicted molar refractivity (Wildman–Crippen MR) is 115 cm³/mol. The normalized spacial score (nSPS) is 24.2. The number of hydrogen-bond donors (Lipinski definition) is 0. The Hall–Kier alpha value is -2.78. The van der Waals surface area contributed by atoms with Gasteiger partial charge >= 0.3 is 0 Å². The molecule has 2 bridgehead atoms. The Bertz CT molecular complexity index is 1220. The average molecular weight is 368 g/mol. The highest BCUT2D eigenvalue weighted by Gasteiger charge is 2.46. The number of nitrogens with zero attached hydrogens (tertiary/aromatic N) is 2. The Morgan fingerprint density at radius 3 is 2.39 bits per heavy atom. The van der Waals surface area contributed by atoms with E-state index in [0.29, 0.717) is 18.2 Å². The van der Waals surface area contributed by atoms with Crippen molar-refractivity contribution in [3.8, 4) is 0 Å². The molecular formula is C25H24N2O. The summed E-state index contributed by atoms with van der Waals surface area (Å²) in [5.41, 5.74) is 7.45. The Morgan fingerprint density at radius 1 is 0.857 bits per heavy atom. The standard InChI is InChI=1S/C25H24N2O/c1-15-12-13-20-19-10-6-7-11-23(19)28-25(20)24(15)27-16(2)26(3)21-14-22(27)18-9-5-4-8-17(18)21/h4-13,16,21-22H,14H2,1-3H3/t16-,21?,22?/m0/s1. The van der Waals surface area contributed by atoms with E-state index < -0.39 is 0 Å². The summed E-state index contributed by atoms with van der Waals surface area (Å²) in [6.45, 7) is 4.54. The van der Waals surface area contributed by atoms with Crippen molar-refractivity contribution in [2.75, 3.05) is 11.9 Å². The quantitative estimate of drug-likeness (QED) is 0.400. The van der Waals surface area contributed by atoms with E-state index in [0.717, 1.165) is 17.6 Å². The average Bonchev–Trinajstić information content (AvgIpc) is 3.25. The molecule has 3 nitrogen and oxygen atoms in total. The Balaban J connectivity index is 1.64. The molecule has 140 valence electrons. The molecule has 0 radical (unpaired) electrons. The first-order valence-electron chi connectivity index (χ1n) is 10.1. The lowest BCUT2D eigenvalue weighted by Crippen LogP contribution is -2.50. The molecule has 2 heterocycles. The molecule has 3 heteroatoms. The third kappa shape index (κ3) is 1.97. The lowest BCUT2D eigenvalue weighted by atomic mass is 10.0. The van der Waals surface area contributed by atoms with Crippen LogP contribution in [0.1, 0.15) is 42.1 Å². The van der Waals surface area contributed by atoms with Crippen molar-refractivity contribution in [2.24, 2.45) is 0 Å². The summed E-state index contributed by atoms with van der Waals surface area (Å²) in [5, 5.41) is 2.40. The Labute approximate surface area is 165 Å². The van der Waals surface area contributed by atoms with Gasteiger partial charge in [0.1, 0.15) is 5.58 Å². The van der Waals surface area contributed by atoms with Crippen LogP contribution in [0.5, 0.6) is 0 Å². The molecule has 2 unspecified atom stereocenters. The fraction of sp³-hybridized carbons (Fsp3) is 0.280. The van der Waals surface area contributed by atoms with Crippen LogP contribution < -0.4 is 4.90 Å². The molecule has 28 heavy (non-hydrogen) atoms. The van der Waals surface area contributed by atoms with Crippen molar-refractivity contribution in [1.82, 2.24) is 4.90 Å². The van der Waals surface area contributed by atoms with Gasteiger partial charge in [-0.1, -0.05) is 54.6 Å². The van der Waals surface area contributed by atoms with Gasteiger partial charge in [-0.25, -0.2) is 0 Å². The number of fused-ring (bicyclic) bond motifs is 8. The highest BCUT2D eigenvalue weighted by atomic mass is 16.3. The summed E-state index contributed by atoms with van der Waals surface area (Å²) in [5.74, 6) is 0. The number of aryl methyl sites for hydroxylation is 1. The van der Waals surface area contributed by atoms with Crippen molar-refractivity contribution < 1.29 is 4.42 Å². The molecule has 1 aliphatic heterocycles. The Morgan fingerprint density at radius 2 is 1.57 bits per heavy atom. The van der Waals surface area contributed by atoms with E-state index in [1.54, 1.807) is 0 Å². The summed E-state index contributed by atoms with van der Waals surface area (Å²) in [7, 11) is 2.26. The van der Waals surface area contributed by atoms with Crippen LogP contribution in [-0.2, 0) is 0 Å². The molecule has 3 aromatic carbocycles. The first-order chi connectivity index (χ1) is 13.6. The van der Waals surface area contributed by atoms with Crippen LogP contribution in [0.3, 0.4) is 0 Å². The van der Waals surface area contributed by atoms with Gasteiger partial charge in [-0.3, -0.25) is 4.90 Å². The van der Waals surface area contributed by atoms with Crippen LogP contribution in [0.25, 0.3) is 21.9 Å². The van der Waals surface area contributed by atoms with Crippen LogP contribution in [0, 0.1) is 6.92 Å². The molecule has 3 atom stereocenters. The molecule has 1 aromatic heterocycles. The summed E-state index contributed by atoms with van der Waals surface area (Å²) >= 11 is 0. The fourth-order valence-corrected chi connectivity index (χ4v) is 5.49. The third-order valence-corrected chi connectivity index (χ3v) is 6.96. The van der Waals surface area contributed by atoms with E-state index in [1.165, 1.54) is 33.2 Å². The van der Waals surface area contributed by atoms with Gasteiger partial charge in [-0.15, -0.1) is 0 Å². The van der Waals surface area contributed by atoms with Crippen molar-refractivity contribution in [2.45, 2.75) is 38.5 Å². The van der Waals surface area contributed by atoms with Crippen molar-refractivity contribution >= 4 is 27.6 Å². The maximum Gasteiger partial charge on any atom is 0.159 e. The fourth-order valence-electron chi connectivity index (χ4n) is 5.49. The van der Waals surface area contributed by atoms with Crippen molar-refractivity contribution in [1.29, 1.82) is 0 Å². The van der Waals surface area contributed by atoms with Gasteiger partial charge in [-0.2, -0.15) is 0 Å². The minimum absolute atomic E-state index is 0.300. The van der Waals surface area contributed by atoms with Crippen LogP contribution in [0.4, 0.5) is 5.69 Å². The third-order valence-electron chi connectivity index (χ3n) is 6.96. The van der Waals surface area contributed by atoms with Crippen molar-refractivity contribution in [3.05, 3.63) is 77.4 Å². The minimum atomic E-state index is 0.300. The maximum atomic E-state index is 6.44. The topological polar surface area (TPSA) is 19.6 Å². The summed E-state index contributed by atoms with van der Waals surface area (Å²) in [4.78, 5) is 5.12. The lowest BCUT2D eigenvalue weighted by Gasteiger charge is -2.47. The maximum absolute atomic E-state index is 6.44. The molecule has 1 saturated heterocycles. The van der Waals surface area contributed by atoms with Crippen LogP contribution in [0.15, 0.2) is 65.1 Å². The zero-order valence-corrected chi connectivity index (χ0v) is 16.5. The first kappa shape index (κ1) is 16.2. The molecule has 4 aromatic rings. The van der Waals surface area contributed by atoms with Crippen molar-refractivity contribution in [3.63, 3.8) is 0 Å². The molecule has 1 aliphatic carbocycles.